The molecule has 21 heavy (non-hydrogen) atoms. The van der Waals surface area contributed by atoms with Crippen molar-refractivity contribution in [1.82, 2.24) is 5.43 Å². The van der Waals surface area contributed by atoms with E-state index in [1.54, 1.807) is 7.11 Å². The Hall–Kier alpha value is -1.84. The van der Waals surface area contributed by atoms with Crippen LogP contribution in [-0.2, 0) is 0 Å². The molecule has 0 spiro atoms. The smallest absolute Gasteiger partial charge is 0.122 e. The predicted octanol–water partition coefficient (Wildman–Crippen LogP) is 3.48. The summed E-state index contributed by atoms with van der Waals surface area (Å²) in [5.41, 5.74) is 10.1. The molecular weight excluding hydrogens is 260 g/mol. The third-order valence-electron chi connectivity index (χ3n) is 4.13. The molecule has 3 N–H and O–H groups in total. The molecule has 1 unspecified atom stereocenters. The van der Waals surface area contributed by atoms with Crippen molar-refractivity contribution >= 4 is 0 Å². The molecule has 2 aromatic rings. The van der Waals surface area contributed by atoms with Gasteiger partial charge in [-0.2, -0.15) is 0 Å². The van der Waals surface area contributed by atoms with Crippen LogP contribution in [0.15, 0.2) is 30.3 Å². The molecule has 112 valence electrons. The van der Waals surface area contributed by atoms with Crippen LogP contribution < -0.4 is 16.0 Å². The molecule has 2 aromatic carbocycles. The van der Waals surface area contributed by atoms with Crippen LogP contribution in [0.1, 0.15) is 39.4 Å². The molecule has 0 saturated heterocycles. The van der Waals surface area contributed by atoms with E-state index in [1.807, 2.05) is 0 Å². The predicted molar refractivity (Wildman–Crippen MR) is 87.6 cm³/mol. The Labute approximate surface area is 127 Å². The molecule has 0 radical (unpaired) electrons. The van der Waals surface area contributed by atoms with Gasteiger partial charge in [0.25, 0.3) is 0 Å². The van der Waals surface area contributed by atoms with Crippen LogP contribution in [0.3, 0.4) is 0 Å². The van der Waals surface area contributed by atoms with Crippen LogP contribution in [-0.4, -0.2) is 7.11 Å². The quantitative estimate of drug-likeness (QED) is 0.667. The highest BCUT2D eigenvalue weighted by Gasteiger charge is 2.17. The number of hydrogen-bond donors (Lipinski definition) is 2. The van der Waals surface area contributed by atoms with Gasteiger partial charge in [-0.15, -0.1) is 0 Å². The first-order chi connectivity index (χ1) is 9.97. The molecule has 0 aliphatic heterocycles. The van der Waals surface area contributed by atoms with Gasteiger partial charge in [0, 0.05) is 0 Å². The fourth-order valence-electron chi connectivity index (χ4n) is 2.65. The van der Waals surface area contributed by atoms with Gasteiger partial charge in [0.15, 0.2) is 0 Å². The molecule has 0 saturated carbocycles. The Morgan fingerprint density at radius 1 is 0.905 bits per heavy atom. The Balaban J connectivity index is 2.50. The molecule has 3 nitrogen and oxygen atoms in total. The van der Waals surface area contributed by atoms with Crippen LogP contribution >= 0.6 is 0 Å². The molecular formula is C18H24N2O. The summed E-state index contributed by atoms with van der Waals surface area (Å²) in [6, 6.07) is 10.7. The summed E-state index contributed by atoms with van der Waals surface area (Å²) in [5, 5.41) is 0. The minimum absolute atomic E-state index is 0.0195. The van der Waals surface area contributed by atoms with Crippen LogP contribution in [0.25, 0.3) is 0 Å². The highest BCUT2D eigenvalue weighted by atomic mass is 16.5. The Kier molecular flexibility index (Phi) is 4.66. The first-order valence-corrected chi connectivity index (χ1v) is 7.16. The standard InChI is InChI=1S/C18H24N2O/c1-11-6-7-15(8-12(11)2)18(20-19)16-9-14(4)17(21-5)10-13(16)3/h6-10,18,20H,19H2,1-5H3. The second-order valence-electron chi connectivity index (χ2n) is 5.62. The lowest BCUT2D eigenvalue weighted by Gasteiger charge is -2.21. The maximum absolute atomic E-state index is 5.83. The topological polar surface area (TPSA) is 47.3 Å². The monoisotopic (exact) mass is 284 g/mol. The van der Waals surface area contributed by atoms with Crippen molar-refractivity contribution in [1.29, 1.82) is 0 Å². The molecule has 0 amide bonds. The van der Waals surface area contributed by atoms with E-state index in [9.17, 15) is 0 Å². The highest BCUT2D eigenvalue weighted by molar-refractivity contribution is 5.46. The zero-order valence-electron chi connectivity index (χ0n) is 13.4. The van der Waals surface area contributed by atoms with Gasteiger partial charge in [-0.1, -0.05) is 24.3 Å². The van der Waals surface area contributed by atoms with Crippen molar-refractivity contribution in [2.45, 2.75) is 33.7 Å². The van der Waals surface area contributed by atoms with Crippen molar-refractivity contribution in [3.05, 3.63) is 63.7 Å². The van der Waals surface area contributed by atoms with Crippen LogP contribution in [0.2, 0.25) is 0 Å². The average molecular weight is 284 g/mol. The number of ether oxygens (including phenoxy) is 1. The Morgan fingerprint density at radius 3 is 2.19 bits per heavy atom. The van der Waals surface area contributed by atoms with Crippen LogP contribution in [0.5, 0.6) is 5.75 Å². The lowest BCUT2D eigenvalue weighted by molar-refractivity contribution is 0.411. The molecule has 2 rings (SSSR count). The van der Waals surface area contributed by atoms with Crippen LogP contribution in [0, 0.1) is 27.7 Å². The van der Waals surface area contributed by atoms with Gasteiger partial charge in [-0.05, 0) is 67.1 Å². The van der Waals surface area contributed by atoms with Crippen molar-refractivity contribution in [3.8, 4) is 5.75 Å². The third-order valence-corrected chi connectivity index (χ3v) is 4.13. The summed E-state index contributed by atoms with van der Waals surface area (Å²) in [6.45, 7) is 8.38. The fourth-order valence-corrected chi connectivity index (χ4v) is 2.65. The number of methoxy groups -OCH3 is 1. The normalized spacial score (nSPS) is 12.3. The number of hydrazine groups is 1. The maximum atomic E-state index is 5.83. The lowest BCUT2D eigenvalue weighted by Crippen LogP contribution is -2.29. The molecule has 0 bridgehead atoms. The maximum Gasteiger partial charge on any atom is 0.122 e. The zero-order chi connectivity index (χ0) is 15.6. The van der Waals surface area contributed by atoms with Gasteiger partial charge in [-0.3, -0.25) is 5.84 Å². The summed E-state index contributed by atoms with van der Waals surface area (Å²) < 4.78 is 5.38. The summed E-state index contributed by atoms with van der Waals surface area (Å²) in [7, 11) is 1.70. The highest BCUT2D eigenvalue weighted by Crippen LogP contribution is 2.30. The average Bonchev–Trinajstić information content (AvgIpc) is 2.46. The third kappa shape index (κ3) is 3.09. The number of nitrogens with one attached hydrogen (secondary N) is 1. The Bertz CT molecular complexity index is 650. The number of hydrogen-bond acceptors (Lipinski definition) is 3. The SMILES string of the molecule is COc1cc(C)c(C(NN)c2ccc(C)c(C)c2)cc1C. The first kappa shape index (κ1) is 15.5. The van der Waals surface area contributed by atoms with Crippen molar-refractivity contribution in [3.63, 3.8) is 0 Å². The molecule has 0 fully saturated rings. The second kappa shape index (κ2) is 6.29. The zero-order valence-corrected chi connectivity index (χ0v) is 13.4. The lowest BCUT2D eigenvalue weighted by atomic mass is 9.92. The van der Waals surface area contributed by atoms with Gasteiger partial charge in [0.2, 0.25) is 0 Å². The molecule has 0 aliphatic carbocycles. The van der Waals surface area contributed by atoms with Crippen LogP contribution in [0.4, 0.5) is 0 Å². The summed E-state index contributed by atoms with van der Waals surface area (Å²) >= 11 is 0. The number of aryl methyl sites for hydroxylation is 4. The minimum atomic E-state index is -0.0195. The molecule has 0 aliphatic rings. The molecule has 0 heterocycles. The minimum Gasteiger partial charge on any atom is -0.496 e. The van der Waals surface area contributed by atoms with E-state index in [0.29, 0.717) is 0 Å². The van der Waals surface area contributed by atoms with Gasteiger partial charge in [0.1, 0.15) is 5.75 Å². The number of benzene rings is 2. The summed E-state index contributed by atoms with van der Waals surface area (Å²) in [4.78, 5) is 0. The van der Waals surface area contributed by atoms with Gasteiger partial charge < -0.3 is 4.74 Å². The van der Waals surface area contributed by atoms with E-state index in [-0.39, 0.29) is 6.04 Å². The van der Waals surface area contributed by atoms with Gasteiger partial charge in [0.05, 0.1) is 13.2 Å². The van der Waals surface area contributed by atoms with E-state index in [0.717, 1.165) is 11.3 Å². The van der Waals surface area contributed by atoms with E-state index in [2.05, 4.69) is 63.5 Å². The number of nitrogens with two attached hydrogens (primary N) is 1. The van der Waals surface area contributed by atoms with E-state index >= 15 is 0 Å². The van der Waals surface area contributed by atoms with E-state index in [4.69, 9.17) is 10.6 Å². The molecule has 0 aromatic heterocycles. The van der Waals surface area contributed by atoms with Gasteiger partial charge >= 0.3 is 0 Å². The van der Waals surface area contributed by atoms with Gasteiger partial charge in [-0.25, -0.2) is 5.43 Å². The van der Waals surface area contributed by atoms with Crippen molar-refractivity contribution in [2.75, 3.05) is 7.11 Å². The van der Waals surface area contributed by atoms with Crippen molar-refractivity contribution < 1.29 is 4.74 Å². The fraction of sp³-hybridized carbons (Fsp3) is 0.333. The largest absolute Gasteiger partial charge is 0.496 e. The first-order valence-electron chi connectivity index (χ1n) is 7.16. The second-order valence-corrected chi connectivity index (χ2v) is 5.62. The molecule has 3 heteroatoms. The summed E-state index contributed by atoms with van der Waals surface area (Å²) in [6.07, 6.45) is 0. The van der Waals surface area contributed by atoms with E-state index < -0.39 is 0 Å². The Morgan fingerprint density at radius 2 is 1.62 bits per heavy atom. The number of rotatable bonds is 4. The van der Waals surface area contributed by atoms with E-state index in [1.165, 1.54) is 27.8 Å². The van der Waals surface area contributed by atoms with Crippen molar-refractivity contribution in [2.24, 2.45) is 5.84 Å². The molecule has 1 atom stereocenters. The summed E-state index contributed by atoms with van der Waals surface area (Å²) in [5.74, 6) is 6.74.